The molecule has 0 bridgehead atoms. The number of hydrogen-bond acceptors (Lipinski definition) is 5. The van der Waals surface area contributed by atoms with Crippen LogP contribution in [-0.2, 0) is 18.4 Å². The van der Waals surface area contributed by atoms with Crippen LogP contribution in [-0.4, -0.2) is 62.8 Å². The molecule has 2 aromatic carbocycles. The van der Waals surface area contributed by atoms with Crippen molar-refractivity contribution >= 4 is 17.3 Å². The van der Waals surface area contributed by atoms with E-state index in [2.05, 4.69) is 5.10 Å². The SMILES string of the molecule is Cn1nc(-c2ccccc2)cc1Cn1c(=O)c2cc(OC(CF)CF)ccc2n(C2CCN(C=O)CC2)c1=O. The van der Waals surface area contributed by atoms with Crippen molar-refractivity contribution in [3.05, 3.63) is 81.1 Å². The highest BCUT2D eigenvalue weighted by atomic mass is 19.1. The van der Waals surface area contributed by atoms with Gasteiger partial charge in [-0.3, -0.25) is 23.4 Å². The molecule has 2 aromatic heterocycles. The van der Waals surface area contributed by atoms with Crippen LogP contribution in [0.3, 0.4) is 0 Å². The van der Waals surface area contributed by atoms with Crippen molar-refractivity contribution in [3.63, 3.8) is 0 Å². The average molecular weight is 538 g/mol. The van der Waals surface area contributed by atoms with Crippen molar-refractivity contribution in [2.45, 2.75) is 31.5 Å². The fraction of sp³-hybridized carbons (Fsp3) is 0.357. The first-order chi connectivity index (χ1) is 18.9. The normalized spacial score (nSPS) is 14.3. The number of hydrogen-bond donors (Lipinski definition) is 0. The molecule has 1 aliphatic heterocycles. The molecule has 1 aliphatic rings. The first-order valence-corrected chi connectivity index (χ1v) is 12.8. The Balaban J connectivity index is 1.62. The Morgan fingerprint density at radius 2 is 1.77 bits per heavy atom. The van der Waals surface area contributed by atoms with Gasteiger partial charge in [0.25, 0.3) is 5.56 Å². The summed E-state index contributed by atoms with van der Waals surface area (Å²) in [6.45, 7) is -1.09. The van der Waals surface area contributed by atoms with Gasteiger partial charge in [0.2, 0.25) is 6.41 Å². The van der Waals surface area contributed by atoms with Crippen molar-refractivity contribution in [1.82, 2.24) is 23.8 Å². The van der Waals surface area contributed by atoms with Crippen LogP contribution in [0.25, 0.3) is 22.2 Å². The first-order valence-electron chi connectivity index (χ1n) is 12.8. The third-order valence-corrected chi connectivity index (χ3v) is 7.17. The quantitative estimate of drug-likeness (QED) is 0.306. The molecule has 0 unspecified atom stereocenters. The lowest BCUT2D eigenvalue weighted by molar-refractivity contribution is -0.119. The van der Waals surface area contributed by atoms with E-state index in [4.69, 9.17) is 4.74 Å². The second kappa shape index (κ2) is 11.2. The van der Waals surface area contributed by atoms with E-state index < -0.39 is 30.7 Å². The Kier molecular flexibility index (Phi) is 7.58. The summed E-state index contributed by atoms with van der Waals surface area (Å²) in [5.41, 5.74) is 1.66. The molecule has 0 saturated carbocycles. The van der Waals surface area contributed by atoms with Crippen molar-refractivity contribution < 1.29 is 18.3 Å². The summed E-state index contributed by atoms with van der Waals surface area (Å²) in [7, 11) is 1.75. The van der Waals surface area contributed by atoms with E-state index in [1.165, 1.54) is 12.1 Å². The molecule has 0 radical (unpaired) electrons. The summed E-state index contributed by atoms with van der Waals surface area (Å²) in [6.07, 6.45) is 0.592. The second-order valence-electron chi connectivity index (χ2n) is 9.65. The van der Waals surface area contributed by atoms with Gasteiger partial charge in [0, 0.05) is 31.7 Å². The number of ether oxygens (including phenoxy) is 1. The molecule has 4 aromatic rings. The maximum Gasteiger partial charge on any atom is 0.332 e. The van der Waals surface area contributed by atoms with E-state index in [1.54, 1.807) is 27.3 Å². The average Bonchev–Trinajstić information content (AvgIpc) is 3.35. The van der Waals surface area contributed by atoms with Gasteiger partial charge < -0.3 is 9.64 Å². The summed E-state index contributed by atoms with van der Waals surface area (Å²) in [5.74, 6) is 0.138. The second-order valence-corrected chi connectivity index (χ2v) is 9.65. The number of rotatable bonds is 9. The number of piperidine rings is 1. The molecule has 3 heterocycles. The maximum atomic E-state index is 13.9. The van der Waals surface area contributed by atoms with Crippen LogP contribution in [0.2, 0.25) is 0 Å². The molecule has 11 heteroatoms. The Morgan fingerprint density at radius 1 is 1.05 bits per heavy atom. The number of fused-ring (bicyclic) bond motifs is 1. The summed E-state index contributed by atoms with van der Waals surface area (Å²) >= 11 is 0. The highest BCUT2D eigenvalue weighted by Gasteiger charge is 2.25. The van der Waals surface area contributed by atoms with Gasteiger partial charge in [-0.05, 0) is 37.1 Å². The minimum Gasteiger partial charge on any atom is -0.485 e. The smallest absolute Gasteiger partial charge is 0.332 e. The lowest BCUT2D eigenvalue weighted by Gasteiger charge is -2.31. The van der Waals surface area contributed by atoms with Gasteiger partial charge in [0.1, 0.15) is 19.1 Å². The Morgan fingerprint density at radius 3 is 2.44 bits per heavy atom. The van der Waals surface area contributed by atoms with E-state index in [0.717, 1.165) is 16.5 Å². The van der Waals surface area contributed by atoms with Gasteiger partial charge >= 0.3 is 5.69 Å². The zero-order valence-corrected chi connectivity index (χ0v) is 21.5. The Labute approximate surface area is 222 Å². The van der Waals surface area contributed by atoms with Crippen molar-refractivity contribution in [2.24, 2.45) is 7.05 Å². The summed E-state index contributed by atoms with van der Waals surface area (Å²) in [5, 5.41) is 4.76. The third-order valence-electron chi connectivity index (χ3n) is 7.17. The van der Waals surface area contributed by atoms with Crippen LogP contribution in [0.1, 0.15) is 24.6 Å². The minimum absolute atomic E-state index is 0.0280. The van der Waals surface area contributed by atoms with Crippen LogP contribution >= 0.6 is 0 Å². The van der Waals surface area contributed by atoms with Crippen molar-refractivity contribution in [1.29, 1.82) is 0 Å². The van der Waals surface area contributed by atoms with Gasteiger partial charge in [-0.2, -0.15) is 5.10 Å². The molecular weight excluding hydrogens is 508 g/mol. The number of aryl methyl sites for hydroxylation is 1. The highest BCUT2D eigenvalue weighted by molar-refractivity contribution is 5.80. The molecule has 0 aliphatic carbocycles. The lowest BCUT2D eigenvalue weighted by atomic mass is 10.0. The number of carbonyl (C=O) groups is 1. The molecule has 0 N–H and O–H groups in total. The van der Waals surface area contributed by atoms with Gasteiger partial charge in [0.15, 0.2) is 6.10 Å². The Hall–Kier alpha value is -4.28. The Bertz CT molecular complexity index is 1590. The van der Waals surface area contributed by atoms with Gasteiger partial charge in [-0.25, -0.2) is 13.6 Å². The number of benzene rings is 2. The standard InChI is InChI=1S/C28H29F2N5O4/c1-32-21(13-25(31-32)19-5-3-2-4-6-19)17-34-27(37)24-14-22(39-23(15-29)16-30)7-8-26(24)35(28(34)38)20-9-11-33(18-36)12-10-20/h2-8,13-14,18,20,23H,9-12,15-17H2,1H3. The number of halogens is 2. The number of amides is 1. The molecule has 1 amide bonds. The van der Waals surface area contributed by atoms with Crippen LogP contribution in [0.5, 0.6) is 5.75 Å². The molecule has 5 rings (SSSR count). The number of carbonyl (C=O) groups excluding carboxylic acids is 1. The van der Waals surface area contributed by atoms with Crippen LogP contribution in [0.15, 0.2) is 64.2 Å². The zero-order valence-electron chi connectivity index (χ0n) is 21.5. The topological polar surface area (TPSA) is 91.4 Å². The van der Waals surface area contributed by atoms with E-state index in [0.29, 0.717) is 42.8 Å². The van der Waals surface area contributed by atoms with Crippen LogP contribution in [0.4, 0.5) is 8.78 Å². The first kappa shape index (κ1) is 26.3. The van der Waals surface area contributed by atoms with E-state index in [9.17, 15) is 23.2 Å². The number of alkyl halides is 2. The number of aromatic nitrogens is 4. The highest BCUT2D eigenvalue weighted by Crippen LogP contribution is 2.26. The lowest BCUT2D eigenvalue weighted by Crippen LogP contribution is -2.44. The molecule has 1 fully saturated rings. The monoisotopic (exact) mass is 537 g/mol. The van der Waals surface area contributed by atoms with Gasteiger partial charge in [0.05, 0.1) is 28.8 Å². The van der Waals surface area contributed by atoms with E-state index >= 15 is 0 Å². The molecular formula is C28H29F2N5O4. The summed E-state index contributed by atoms with van der Waals surface area (Å²) < 4.78 is 36.0. The third kappa shape index (κ3) is 5.21. The van der Waals surface area contributed by atoms with Crippen molar-refractivity contribution in [3.8, 4) is 17.0 Å². The van der Waals surface area contributed by atoms with Crippen LogP contribution in [0, 0.1) is 0 Å². The largest absolute Gasteiger partial charge is 0.485 e. The van der Waals surface area contributed by atoms with Crippen LogP contribution < -0.4 is 16.0 Å². The summed E-state index contributed by atoms with van der Waals surface area (Å²) in [4.78, 5) is 40.5. The minimum atomic E-state index is -1.28. The predicted octanol–water partition coefficient (Wildman–Crippen LogP) is 3.09. The van der Waals surface area contributed by atoms with E-state index in [1.807, 2.05) is 36.4 Å². The fourth-order valence-corrected chi connectivity index (χ4v) is 5.04. The molecule has 0 atom stereocenters. The van der Waals surface area contributed by atoms with E-state index in [-0.39, 0.29) is 23.7 Å². The summed E-state index contributed by atoms with van der Waals surface area (Å²) in [6, 6.07) is 15.7. The number of likely N-dealkylation sites (tertiary alicyclic amines) is 1. The zero-order chi connectivity index (χ0) is 27.5. The molecule has 1 saturated heterocycles. The van der Waals surface area contributed by atoms with Crippen molar-refractivity contribution in [2.75, 3.05) is 26.4 Å². The predicted molar refractivity (Wildman–Crippen MR) is 142 cm³/mol. The molecule has 9 nitrogen and oxygen atoms in total. The fourth-order valence-electron chi connectivity index (χ4n) is 5.04. The molecule has 204 valence electrons. The maximum absolute atomic E-state index is 13.9. The molecule has 0 spiro atoms. The number of nitrogens with zero attached hydrogens (tertiary/aromatic N) is 5. The molecule has 39 heavy (non-hydrogen) atoms. The van der Waals surface area contributed by atoms with Gasteiger partial charge in [-0.1, -0.05) is 30.3 Å². The van der Waals surface area contributed by atoms with Gasteiger partial charge in [-0.15, -0.1) is 0 Å².